The fraction of sp³-hybridized carbons (Fsp3) is 0.615. The number of carbonyl (C=O) groups excluding carboxylic acids is 1. The number of aromatic amines is 1. The van der Waals surface area contributed by atoms with Crippen LogP contribution in [0.3, 0.4) is 0 Å². The van der Waals surface area contributed by atoms with Crippen molar-refractivity contribution < 1.29 is 19.0 Å². The number of ether oxygens (including phenoxy) is 3. The molecule has 1 spiro atoms. The molecule has 18 heavy (non-hydrogen) atoms. The Hall–Kier alpha value is -1.33. The highest BCUT2D eigenvalue weighted by molar-refractivity contribution is 5.88. The molecule has 0 atom stereocenters. The summed E-state index contributed by atoms with van der Waals surface area (Å²) in [6, 6.07) is 1.86. The number of hydrogen-bond acceptors (Lipinski definition) is 4. The van der Waals surface area contributed by atoms with Crippen molar-refractivity contribution in [3.05, 3.63) is 23.0 Å². The predicted octanol–water partition coefficient (Wildman–Crippen LogP) is 1.42. The minimum absolute atomic E-state index is 0.297. The predicted molar refractivity (Wildman–Crippen MR) is 63.4 cm³/mol. The minimum atomic E-state index is -0.457. The van der Waals surface area contributed by atoms with Gasteiger partial charge in [-0.15, -0.1) is 0 Å². The van der Waals surface area contributed by atoms with Crippen molar-refractivity contribution in [2.24, 2.45) is 0 Å². The van der Waals surface area contributed by atoms with Gasteiger partial charge in [-0.25, -0.2) is 4.79 Å². The molecule has 0 bridgehead atoms. The number of nitrogens with one attached hydrogen (secondary N) is 1. The van der Waals surface area contributed by atoms with Crippen molar-refractivity contribution in [1.29, 1.82) is 0 Å². The van der Waals surface area contributed by atoms with E-state index in [4.69, 9.17) is 14.2 Å². The Balaban J connectivity index is 1.81. The highest BCUT2D eigenvalue weighted by atomic mass is 16.7. The smallest absolute Gasteiger partial charge is 0.354 e. The lowest BCUT2D eigenvalue weighted by atomic mass is 9.92. The number of H-pyrrole nitrogens is 1. The van der Waals surface area contributed by atoms with Crippen LogP contribution < -0.4 is 0 Å². The topological polar surface area (TPSA) is 60.6 Å². The fourth-order valence-corrected chi connectivity index (χ4v) is 2.68. The van der Waals surface area contributed by atoms with Gasteiger partial charge in [0.15, 0.2) is 5.79 Å². The van der Waals surface area contributed by atoms with Crippen LogP contribution in [0.25, 0.3) is 0 Å². The quantitative estimate of drug-likeness (QED) is 0.808. The normalized spacial score (nSPS) is 20.9. The van der Waals surface area contributed by atoms with Gasteiger partial charge in [-0.05, 0) is 25.0 Å². The molecule has 0 saturated carbocycles. The minimum Gasteiger partial charge on any atom is -0.461 e. The average molecular weight is 251 g/mol. The molecule has 0 amide bonds. The van der Waals surface area contributed by atoms with E-state index < -0.39 is 5.79 Å². The van der Waals surface area contributed by atoms with Crippen LogP contribution in [0.15, 0.2) is 6.07 Å². The molecule has 1 saturated heterocycles. The first-order chi connectivity index (χ1) is 8.72. The standard InChI is InChI=1S/C13H17NO4/c1-2-16-12(15)11-7-9-8-13(17-5-6-18-13)4-3-10(9)14-11/h7,14H,2-6,8H2,1H3. The molecule has 0 aromatic carbocycles. The molecule has 1 aromatic heterocycles. The van der Waals surface area contributed by atoms with Gasteiger partial charge in [0.05, 0.1) is 19.8 Å². The highest BCUT2D eigenvalue weighted by Gasteiger charge is 2.40. The van der Waals surface area contributed by atoms with Gasteiger partial charge in [0, 0.05) is 18.5 Å². The molecule has 1 aliphatic carbocycles. The number of hydrogen-bond donors (Lipinski definition) is 1. The zero-order valence-corrected chi connectivity index (χ0v) is 10.5. The zero-order chi connectivity index (χ0) is 12.6. The Kier molecular flexibility index (Phi) is 2.87. The molecule has 0 radical (unpaired) electrons. The van der Waals surface area contributed by atoms with Crippen molar-refractivity contribution >= 4 is 5.97 Å². The summed E-state index contributed by atoms with van der Waals surface area (Å²) in [6.45, 7) is 3.50. The molecule has 98 valence electrons. The molecule has 3 rings (SSSR count). The molecule has 2 aliphatic rings. The lowest BCUT2D eigenvalue weighted by Gasteiger charge is -2.31. The third kappa shape index (κ3) is 1.93. The zero-order valence-electron chi connectivity index (χ0n) is 10.5. The molecule has 1 fully saturated rings. The maximum atomic E-state index is 11.7. The molecule has 2 heterocycles. The van der Waals surface area contributed by atoms with Gasteiger partial charge in [0.1, 0.15) is 5.69 Å². The second kappa shape index (κ2) is 4.40. The van der Waals surface area contributed by atoms with Gasteiger partial charge in [0.2, 0.25) is 0 Å². The van der Waals surface area contributed by atoms with Crippen molar-refractivity contribution in [2.45, 2.75) is 32.0 Å². The maximum absolute atomic E-state index is 11.7. The van der Waals surface area contributed by atoms with Crippen LogP contribution in [0, 0.1) is 0 Å². The van der Waals surface area contributed by atoms with Crippen LogP contribution in [0.4, 0.5) is 0 Å². The van der Waals surface area contributed by atoms with Gasteiger partial charge in [0.25, 0.3) is 0 Å². The first kappa shape index (κ1) is 11.7. The first-order valence-electron chi connectivity index (χ1n) is 6.38. The Morgan fingerprint density at radius 2 is 2.28 bits per heavy atom. The molecule has 5 nitrogen and oxygen atoms in total. The van der Waals surface area contributed by atoms with Crippen molar-refractivity contribution in [3.63, 3.8) is 0 Å². The van der Waals surface area contributed by atoms with Crippen LogP contribution >= 0.6 is 0 Å². The first-order valence-corrected chi connectivity index (χ1v) is 6.38. The molecular formula is C13H17NO4. The second-order valence-electron chi connectivity index (χ2n) is 4.69. The summed E-state index contributed by atoms with van der Waals surface area (Å²) in [7, 11) is 0. The third-order valence-electron chi connectivity index (χ3n) is 3.52. The Morgan fingerprint density at radius 1 is 1.50 bits per heavy atom. The van der Waals surface area contributed by atoms with Crippen LogP contribution in [0.1, 0.15) is 35.1 Å². The monoisotopic (exact) mass is 251 g/mol. The van der Waals surface area contributed by atoms with E-state index in [2.05, 4.69) is 4.98 Å². The summed E-state index contributed by atoms with van der Waals surface area (Å²) >= 11 is 0. The van der Waals surface area contributed by atoms with Crippen LogP contribution in [0.2, 0.25) is 0 Å². The number of aromatic nitrogens is 1. The van der Waals surface area contributed by atoms with E-state index in [0.29, 0.717) is 31.9 Å². The molecule has 1 aliphatic heterocycles. The van der Waals surface area contributed by atoms with E-state index in [0.717, 1.165) is 24.1 Å². The lowest BCUT2D eigenvalue weighted by Crippen LogP contribution is -2.36. The number of esters is 1. The van der Waals surface area contributed by atoms with Crippen LogP contribution in [0.5, 0.6) is 0 Å². The molecule has 0 unspecified atom stereocenters. The maximum Gasteiger partial charge on any atom is 0.354 e. The summed E-state index contributed by atoms with van der Waals surface area (Å²) in [5.41, 5.74) is 2.73. The third-order valence-corrected chi connectivity index (χ3v) is 3.52. The number of carbonyl (C=O) groups is 1. The van der Waals surface area contributed by atoms with E-state index >= 15 is 0 Å². The van der Waals surface area contributed by atoms with Crippen molar-refractivity contribution in [1.82, 2.24) is 4.98 Å². The SMILES string of the molecule is CCOC(=O)c1cc2c([nH]1)CCC1(C2)OCCO1. The molecular weight excluding hydrogens is 234 g/mol. The summed E-state index contributed by atoms with van der Waals surface area (Å²) in [5, 5.41) is 0. The molecule has 1 aromatic rings. The van der Waals surface area contributed by atoms with E-state index in [1.807, 2.05) is 6.07 Å². The van der Waals surface area contributed by atoms with E-state index in [1.54, 1.807) is 6.92 Å². The summed E-state index contributed by atoms with van der Waals surface area (Å²) < 4.78 is 16.4. The average Bonchev–Trinajstić information content (AvgIpc) is 2.96. The Morgan fingerprint density at radius 3 is 3.00 bits per heavy atom. The van der Waals surface area contributed by atoms with E-state index in [1.165, 1.54) is 0 Å². The summed E-state index contributed by atoms with van der Waals surface area (Å²) in [6.07, 6.45) is 2.38. The Bertz CT molecular complexity index is 460. The Labute approximate surface area is 105 Å². The number of aryl methyl sites for hydroxylation is 1. The second-order valence-corrected chi connectivity index (χ2v) is 4.69. The largest absolute Gasteiger partial charge is 0.461 e. The molecule has 5 heteroatoms. The lowest BCUT2D eigenvalue weighted by molar-refractivity contribution is -0.163. The van der Waals surface area contributed by atoms with Crippen molar-refractivity contribution in [3.8, 4) is 0 Å². The van der Waals surface area contributed by atoms with Gasteiger partial charge in [-0.2, -0.15) is 0 Å². The van der Waals surface area contributed by atoms with Crippen molar-refractivity contribution in [2.75, 3.05) is 19.8 Å². The highest BCUT2D eigenvalue weighted by Crippen LogP contribution is 2.35. The van der Waals surface area contributed by atoms with Crippen LogP contribution in [-0.2, 0) is 27.1 Å². The van der Waals surface area contributed by atoms with Crippen LogP contribution in [-0.4, -0.2) is 36.6 Å². The number of rotatable bonds is 2. The van der Waals surface area contributed by atoms with E-state index in [9.17, 15) is 4.79 Å². The van der Waals surface area contributed by atoms with E-state index in [-0.39, 0.29) is 5.97 Å². The molecule has 1 N–H and O–H groups in total. The fourth-order valence-electron chi connectivity index (χ4n) is 2.68. The van der Waals surface area contributed by atoms with Gasteiger partial charge in [-0.3, -0.25) is 0 Å². The number of fused-ring (bicyclic) bond motifs is 1. The van der Waals surface area contributed by atoms with Gasteiger partial charge in [-0.1, -0.05) is 0 Å². The summed E-state index contributed by atoms with van der Waals surface area (Å²) in [4.78, 5) is 14.8. The van der Waals surface area contributed by atoms with Gasteiger partial charge < -0.3 is 19.2 Å². The summed E-state index contributed by atoms with van der Waals surface area (Å²) in [5.74, 6) is -0.754. The van der Waals surface area contributed by atoms with Gasteiger partial charge >= 0.3 is 5.97 Å².